The molecule has 0 spiro atoms. The summed E-state index contributed by atoms with van der Waals surface area (Å²) in [4.78, 5) is 0. The Morgan fingerprint density at radius 1 is 1.03 bits per heavy atom. The van der Waals surface area contributed by atoms with E-state index in [0.717, 1.165) is 71.9 Å². The Bertz CT molecular complexity index is 1010. The summed E-state index contributed by atoms with van der Waals surface area (Å²) in [5.74, 6) is 0.867. The third-order valence-corrected chi connectivity index (χ3v) is 7.03. The lowest BCUT2D eigenvalue weighted by Crippen LogP contribution is -2.16. The number of rotatable bonds is 7. The molecule has 1 aliphatic heterocycles. The summed E-state index contributed by atoms with van der Waals surface area (Å²) < 4.78 is 4.62. The van der Waals surface area contributed by atoms with Gasteiger partial charge in [0.2, 0.25) is 0 Å². The molecule has 2 aliphatic rings. The van der Waals surface area contributed by atoms with Crippen LogP contribution in [0.3, 0.4) is 0 Å². The van der Waals surface area contributed by atoms with Gasteiger partial charge in [-0.15, -0.1) is 0 Å². The molecule has 156 valence electrons. The van der Waals surface area contributed by atoms with Gasteiger partial charge >= 0.3 is 0 Å². The van der Waals surface area contributed by atoms with Gasteiger partial charge in [-0.2, -0.15) is 4.37 Å². The van der Waals surface area contributed by atoms with Crippen molar-refractivity contribution in [3.63, 3.8) is 0 Å². The summed E-state index contributed by atoms with van der Waals surface area (Å²) in [6.45, 7) is 3.87. The first-order valence-corrected chi connectivity index (χ1v) is 12.0. The van der Waals surface area contributed by atoms with E-state index >= 15 is 0 Å². The molecule has 1 aliphatic carbocycles. The second kappa shape index (κ2) is 8.96. The summed E-state index contributed by atoms with van der Waals surface area (Å²) in [5.41, 5.74) is 7.29. The number of fused-ring (bicyclic) bond motifs is 1. The highest BCUT2D eigenvalue weighted by Crippen LogP contribution is 2.32. The summed E-state index contributed by atoms with van der Waals surface area (Å²) >= 11 is 8.09. The molecule has 0 radical (unpaired) electrons. The molecule has 6 heteroatoms. The van der Waals surface area contributed by atoms with Gasteiger partial charge in [0.25, 0.3) is 0 Å². The van der Waals surface area contributed by atoms with Gasteiger partial charge < -0.3 is 16.0 Å². The van der Waals surface area contributed by atoms with Gasteiger partial charge in [-0.05, 0) is 79.0 Å². The molecule has 5 rings (SSSR count). The van der Waals surface area contributed by atoms with E-state index in [1.165, 1.54) is 29.5 Å². The Hall–Kier alpha value is -2.08. The SMILES string of the molecule is Clc1ccc2c(c1NCc1ccc(-c3cc(NCC4CC4)sn3)cc1)CCNCC2. The summed E-state index contributed by atoms with van der Waals surface area (Å²) in [7, 11) is 0. The molecular formula is C24H27ClN4S. The van der Waals surface area contributed by atoms with E-state index in [2.05, 4.69) is 56.7 Å². The van der Waals surface area contributed by atoms with Gasteiger partial charge in [-0.3, -0.25) is 0 Å². The van der Waals surface area contributed by atoms with Crippen LogP contribution in [0, 0.1) is 5.92 Å². The maximum Gasteiger partial charge on any atom is 0.110 e. The monoisotopic (exact) mass is 438 g/mol. The quantitative estimate of drug-likeness (QED) is 0.450. The summed E-state index contributed by atoms with van der Waals surface area (Å²) in [6.07, 6.45) is 4.79. The van der Waals surface area contributed by atoms with Crippen LogP contribution in [0.4, 0.5) is 10.7 Å². The van der Waals surface area contributed by atoms with Crippen LogP contribution in [0.5, 0.6) is 0 Å². The number of nitrogens with one attached hydrogen (secondary N) is 3. The number of anilines is 2. The molecule has 2 heterocycles. The fraction of sp³-hybridized carbons (Fsp3) is 0.375. The van der Waals surface area contributed by atoms with Crippen LogP contribution in [0.2, 0.25) is 5.02 Å². The number of aromatic nitrogens is 1. The molecule has 4 nitrogen and oxygen atoms in total. The van der Waals surface area contributed by atoms with Crippen molar-refractivity contribution in [2.24, 2.45) is 5.92 Å². The number of nitrogens with zero attached hydrogens (tertiary/aromatic N) is 1. The highest BCUT2D eigenvalue weighted by molar-refractivity contribution is 7.10. The molecule has 0 amide bonds. The van der Waals surface area contributed by atoms with Crippen molar-refractivity contribution in [1.29, 1.82) is 0 Å². The molecule has 0 saturated heterocycles. The normalized spacial score (nSPS) is 16.0. The third-order valence-electron chi connectivity index (χ3n) is 5.97. The first-order chi connectivity index (χ1) is 14.8. The fourth-order valence-corrected chi connectivity index (χ4v) is 4.89. The fourth-order valence-electron chi connectivity index (χ4n) is 3.98. The first kappa shape index (κ1) is 19.9. The Kier molecular flexibility index (Phi) is 5.93. The molecule has 0 bridgehead atoms. The first-order valence-electron chi connectivity index (χ1n) is 10.8. The lowest BCUT2D eigenvalue weighted by molar-refractivity contribution is 0.711. The molecule has 1 saturated carbocycles. The number of hydrogen-bond donors (Lipinski definition) is 3. The average molecular weight is 439 g/mol. The lowest BCUT2D eigenvalue weighted by atomic mass is 10.0. The predicted octanol–water partition coefficient (Wildman–Crippen LogP) is 5.59. The Morgan fingerprint density at radius 3 is 2.70 bits per heavy atom. The van der Waals surface area contributed by atoms with Gasteiger partial charge in [0.1, 0.15) is 5.00 Å². The minimum absolute atomic E-state index is 0.759. The molecule has 1 fully saturated rings. The van der Waals surface area contributed by atoms with E-state index in [9.17, 15) is 0 Å². The molecule has 0 unspecified atom stereocenters. The number of hydrogen-bond acceptors (Lipinski definition) is 5. The van der Waals surface area contributed by atoms with Crippen molar-refractivity contribution in [2.75, 3.05) is 30.3 Å². The largest absolute Gasteiger partial charge is 0.380 e. The molecule has 1 aromatic heterocycles. The van der Waals surface area contributed by atoms with Crippen molar-refractivity contribution >= 4 is 33.8 Å². The van der Waals surface area contributed by atoms with Gasteiger partial charge in [0.05, 0.1) is 16.4 Å². The zero-order valence-corrected chi connectivity index (χ0v) is 18.6. The third kappa shape index (κ3) is 4.64. The Labute approximate surface area is 187 Å². The van der Waals surface area contributed by atoms with Gasteiger partial charge in [0.15, 0.2) is 0 Å². The van der Waals surface area contributed by atoms with Crippen LogP contribution < -0.4 is 16.0 Å². The van der Waals surface area contributed by atoms with Crippen molar-refractivity contribution in [3.05, 3.63) is 64.2 Å². The minimum Gasteiger partial charge on any atom is -0.380 e. The smallest absolute Gasteiger partial charge is 0.110 e. The lowest BCUT2D eigenvalue weighted by Gasteiger charge is -2.16. The standard InChI is InChI=1S/C24H27ClN4S/c25-21-8-7-18-9-11-26-12-10-20(18)24(21)28-15-17-3-5-19(6-4-17)22-13-23(30-29-22)27-14-16-1-2-16/h3-8,13,16,26-28H,1-2,9-12,14-15H2. The van der Waals surface area contributed by atoms with Crippen LogP contribution in [0.15, 0.2) is 42.5 Å². The number of halogens is 1. The minimum atomic E-state index is 0.759. The van der Waals surface area contributed by atoms with Crippen LogP contribution in [-0.2, 0) is 19.4 Å². The van der Waals surface area contributed by atoms with E-state index in [-0.39, 0.29) is 0 Å². The van der Waals surface area contributed by atoms with Crippen molar-refractivity contribution in [3.8, 4) is 11.3 Å². The van der Waals surface area contributed by atoms with E-state index in [0.29, 0.717) is 0 Å². The van der Waals surface area contributed by atoms with Crippen LogP contribution >= 0.6 is 23.1 Å². The Balaban J connectivity index is 1.25. The van der Waals surface area contributed by atoms with Crippen LogP contribution in [0.25, 0.3) is 11.3 Å². The van der Waals surface area contributed by atoms with Crippen molar-refractivity contribution in [1.82, 2.24) is 9.69 Å². The summed E-state index contributed by atoms with van der Waals surface area (Å²) in [6, 6.07) is 15.0. The van der Waals surface area contributed by atoms with Crippen molar-refractivity contribution < 1.29 is 0 Å². The van der Waals surface area contributed by atoms with E-state index < -0.39 is 0 Å². The topological polar surface area (TPSA) is 49.0 Å². The number of benzene rings is 2. The maximum absolute atomic E-state index is 6.54. The predicted molar refractivity (Wildman–Crippen MR) is 128 cm³/mol. The van der Waals surface area contributed by atoms with E-state index in [1.54, 1.807) is 11.5 Å². The zero-order valence-electron chi connectivity index (χ0n) is 17.0. The second-order valence-electron chi connectivity index (χ2n) is 8.26. The Morgan fingerprint density at radius 2 is 1.87 bits per heavy atom. The van der Waals surface area contributed by atoms with Gasteiger partial charge in [0, 0.05) is 24.7 Å². The molecule has 2 aromatic carbocycles. The highest BCUT2D eigenvalue weighted by Gasteiger charge is 2.21. The molecule has 0 atom stereocenters. The molecule has 30 heavy (non-hydrogen) atoms. The summed E-state index contributed by atoms with van der Waals surface area (Å²) in [5, 5.41) is 12.6. The molecule has 3 N–H and O–H groups in total. The van der Waals surface area contributed by atoms with Gasteiger partial charge in [-0.1, -0.05) is 41.9 Å². The van der Waals surface area contributed by atoms with E-state index in [1.807, 2.05) is 6.07 Å². The van der Waals surface area contributed by atoms with Crippen LogP contribution in [-0.4, -0.2) is 24.0 Å². The zero-order chi connectivity index (χ0) is 20.3. The maximum atomic E-state index is 6.54. The van der Waals surface area contributed by atoms with Gasteiger partial charge in [-0.25, -0.2) is 0 Å². The molecular weight excluding hydrogens is 412 g/mol. The van der Waals surface area contributed by atoms with Crippen LogP contribution in [0.1, 0.15) is 29.5 Å². The highest BCUT2D eigenvalue weighted by atomic mass is 35.5. The average Bonchev–Trinajstić information content (AvgIpc) is 3.53. The second-order valence-corrected chi connectivity index (χ2v) is 9.47. The van der Waals surface area contributed by atoms with Crippen molar-refractivity contribution in [2.45, 2.75) is 32.2 Å². The van der Waals surface area contributed by atoms with E-state index in [4.69, 9.17) is 11.6 Å². The molecule has 3 aromatic rings.